The maximum Gasteiger partial charge on any atom is 0.416 e. The Morgan fingerprint density at radius 1 is 0.453 bits per heavy atom. The number of thiocarbonyl (C=S) groups is 2. The van der Waals surface area contributed by atoms with E-state index in [9.17, 15) is 49.1 Å². The highest BCUT2D eigenvalue weighted by Crippen LogP contribution is 2.42. The third kappa shape index (κ3) is 18.8. The monoisotopic (exact) mass is 1250 g/mol. The van der Waals surface area contributed by atoms with Crippen molar-refractivity contribution in [2.75, 3.05) is 69.9 Å². The fourth-order valence-corrected chi connectivity index (χ4v) is 12.4. The van der Waals surface area contributed by atoms with E-state index in [-0.39, 0.29) is 16.5 Å². The van der Waals surface area contributed by atoms with Crippen LogP contribution in [0.15, 0.2) is 120 Å². The van der Waals surface area contributed by atoms with E-state index in [1.807, 2.05) is 0 Å². The molecule has 4 aliphatic rings. The van der Waals surface area contributed by atoms with Crippen molar-refractivity contribution in [2.45, 2.75) is 121 Å². The molecule has 460 valence electrons. The molecule has 4 N–H and O–H groups in total. The average Bonchev–Trinajstić information content (AvgIpc) is 1.65. The van der Waals surface area contributed by atoms with E-state index in [0.29, 0.717) is 39.1 Å². The molecule has 1 aliphatic carbocycles. The molecule has 3 aromatic carbocycles. The summed E-state index contributed by atoms with van der Waals surface area (Å²) in [4.78, 5) is 39.4. The molecule has 6 heterocycles. The summed E-state index contributed by atoms with van der Waals surface area (Å²) < 4.78 is 119. The van der Waals surface area contributed by atoms with Crippen molar-refractivity contribution >= 4 is 91.8 Å². The number of nitrogens with zero attached hydrogens (tertiary/aromatic N) is 5. The lowest BCUT2D eigenvalue weighted by Crippen LogP contribution is -2.42. The van der Waals surface area contributed by atoms with Crippen molar-refractivity contribution < 1.29 is 49.1 Å². The molecule has 4 fully saturated rings. The molecule has 3 saturated heterocycles. The Labute approximate surface area is 510 Å². The number of alkyl halides is 9. The number of pyridine rings is 2. The molecular formula is C63H70F9N9O2S3. The van der Waals surface area contributed by atoms with E-state index in [1.165, 1.54) is 105 Å². The van der Waals surface area contributed by atoms with Crippen LogP contribution >= 0.6 is 35.8 Å². The molecule has 11 nitrogen and oxygen atoms in total. The fraction of sp³-hybridized carbons (Fsp3) is 0.429. The van der Waals surface area contributed by atoms with Crippen LogP contribution in [0.5, 0.6) is 0 Å². The van der Waals surface area contributed by atoms with Crippen LogP contribution in [-0.4, -0.2) is 71.2 Å². The molecule has 86 heavy (non-hydrogen) atoms. The maximum absolute atomic E-state index is 13.3. The molecule has 0 spiro atoms. The zero-order valence-electron chi connectivity index (χ0n) is 47.4. The van der Waals surface area contributed by atoms with E-state index in [4.69, 9.17) is 24.4 Å². The van der Waals surface area contributed by atoms with Crippen LogP contribution in [0.2, 0.25) is 0 Å². The molecule has 0 bridgehead atoms. The highest BCUT2D eigenvalue weighted by Gasteiger charge is 2.36. The van der Waals surface area contributed by atoms with Gasteiger partial charge < -0.3 is 30.7 Å². The number of rotatable bonds is 9. The number of aromatic nitrogens is 2. The Hall–Kier alpha value is -6.85. The van der Waals surface area contributed by atoms with E-state index < -0.39 is 47.0 Å². The normalized spacial score (nSPS) is 17.8. The maximum atomic E-state index is 13.3. The minimum Gasteiger partial charge on any atom is -0.370 e. The Balaban J connectivity index is 0.000000168. The Morgan fingerprint density at radius 3 is 1.35 bits per heavy atom. The van der Waals surface area contributed by atoms with Gasteiger partial charge in [0.2, 0.25) is 0 Å². The van der Waals surface area contributed by atoms with Gasteiger partial charge >= 0.3 is 18.5 Å². The van der Waals surface area contributed by atoms with Gasteiger partial charge in [-0.15, -0.1) is 0 Å². The zero-order chi connectivity index (χ0) is 61.3. The molecule has 3 aromatic heterocycles. The standard InChI is InChI=1S/C22H24F3N3S.C21H24F3N3O.C20H22F3N3OS2/c23-22(24,25)18-5-6-20(28-12-9-15-3-1-2-4-17(15)14-28)19(13-18)27-21(29)16-7-10-26-11-8-16;22-21(23,24)17-7-8-19(27-13-5-3-1-2-4-6-14-27)18(15-17)26-20(28)16-9-11-25-12-10-16;21-20(22,23)15-6-7-17(26-9-4-2-1-3-5-10-26)16(12-15)24-19(28)25-18(27)14-8-11-29-13-14/h5-8,10-11,13,15,17H,1-4,9,12,14H2,(H,27,29);7-12,15H,1-6,13-14H2,(H,26,28);6-8,11-13H,1-5,9-10H2,(H2,24,25,27,28)/t15-,17-;;/m1../s1. The largest absolute Gasteiger partial charge is 0.416 e. The molecule has 2 amide bonds. The number of piperidine rings is 1. The predicted octanol–water partition coefficient (Wildman–Crippen LogP) is 17.1. The van der Waals surface area contributed by atoms with Crippen LogP contribution in [0.3, 0.4) is 0 Å². The number of hydrogen-bond acceptors (Lipinski definition) is 10. The average molecular weight is 1250 g/mol. The Kier molecular flexibility index (Phi) is 23.2. The van der Waals surface area contributed by atoms with Crippen molar-refractivity contribution in [1.29, 1.82) is 0 Å². The molecule has 0 radical (unpaired) electrons. The summed E-state index contributed by atoms with van der Waals surface area (Å²) in [6, 6.07) is 19.4. The van der Waals surface area contributed by atoms with Crippen molar-refractivity contribution in [2.24, 2.45) is 11.8 Å². The third-order valence-electron chi connectivity index (χ3n) is 15.9. The smallest absolute Gasteiger partial charge is 0.370 e. The molecule has 1 saturated carbocycles. The minimum absolute atomic E-state index is 0.0335. The summed E-state index contributed by atoms with van der Waals surface area (Å²) in [5.74, 6) is 0.527. The van der Waals surface area contributed by atoms with Crippen molar-refractivity contribution in [1.82, 2.24) is 15.3 Å². The first-order valence-electron chi connectivity index (χ1n) is 29.2. The van der Waals surface area contributed by atoms with E-state index in [0.717, 1.165) is 138 Å². The molecule has 3 aliphatic heterocycles. The second-order valence-corrected chi connectivity index (χ2v) is 23.5. The number of carbonyl (C=O) groups is 2. The highest BCUT2D eigenvalue weighted by molar-refractivity contribution is 7.81. The lowest BCUT2D eigenvalue weighted by molar-refractivity contribution is -0.138. The summed E-state index contributed by atoms with van der Waals surface area (Å²) in [6.07, 6.45) is 10.9. The summed E-state index contributed by atoms with van der Waals surface area (Å²) in [7, 11) is 0. The second-order valence-electron chi connectivity index (χ2n) is 21.9. The number of halogens is 9. The minimum atomic E-state index is -4.47. The van der Waals surface area contributed by atoms with Crippen LogP contribution in [0.1, 0.15) is 146 Å². The summed E-state index contributed by atoms with van der Waals surface area (Å²) in [5.41, 5.74) is 2.26. The molecule has 0 unspecified atom stereocenters. The quantitative estimate of drug-likeness (QED) is 0.0819. The highest BCUT2D eigenvalue weighted by atomic mass is 32.1. The van der Waals surface area contributed by atoms with Crippen LogP contribution in [0.25, 0.3) is 0 Å². The van der Waals surface area contributed by atoms with E-state index in [1.54, 1.807) is 47.4 Å². The summed E-state index contributed by atoms with van der Waals surface area (Å²) in [6.45, 7) is 4.84. The number of nitrogens with one attached hydrogen (secondary N) is 4. The molecule has 23 heteroatoms. The zero-order valence-corrected chi connectivity index (χ0v) is 49.9. The van der Waals surface area contributed by atoms with E-state index >= 15 is 0 Å². The first-order chi connectivity index (χ1) is 41.2. The van der Waals surface area contributed by atoms with Crippen molar-refractivity contribution in [3.05, 3.63) is 154 Å². The number of carbonyl (C=O) groups excluding carboxylic acids is 2. The molecule has 2 atom stereocenters. The number of fused-ring (bicyclic) bond motifs is 1. The Morgan fingerprint density at radius 2 is 0.884 bits per heavy atom. The topological polar surface area (TPSA) is 118 Å². The summed E-state index contributed by atoms with van der Waals surface area (Å²) in [5, 5.41) is 14.5. The van der Waals surface area contributed by atoms with Crippen LogP contribution in [-0.2, 0) is 18.5 Å². The molecule has 10 rings (SSSR count). The van der Waals surface area contributed by atoms with Gasteiger partial charge in [-0.05, 0) is 153 Å². The molecular weight excluding hydrogens is 1180 g/mol. The van der Waals surface area contributed by atoms with Gasteiger partial charge in [0.1, 0.15) is 4.99 Å². The lowest BCUT2D eigenvalue weighted by atomic mass is 9.75. The fourth-order valence-electron chi connectivity index (χ4n) is 11.4. The van der Waals surface area contributed by atoms with Gasteiger partial charge in [-0.25, -0.2) is 0 Å². The summed E-state index contributed by atoms with van der Waals surface area (Å²) >= 11 is 12.0. The lowest BCUT2D eigenvalue weighted by Gasteiger charge is -2.43. The first-order valence-corrected chi connectivity index (χ1v) is 30.9. The van der Waals surface area contributed by atoms with Gasteiger partial charge in [0.05, 0.1) is 56.4 Å². The molecule has 6 aromatic rings. The van der Waals surface area contributed by atoms with Crippen LogP contribution < -0.4 is 36.0 Å². The third-order valence-corrected chi connectivity index (χ3v) is 17.1. The number of hydrogen-bond donors (Lipinski definition) is 4. The van der Waals surface area contributed by atoms with Crippen molar-refractivity contribution in [3.63, 3.8) is 0 Å². The van der Waals surface area contributed by atoms with Gasteiger partial charge in [-0.1, -0.05) is 76.4 Å². The van der Waals surface area contributed by atoms with Gasteiger partial charge in [-0.2, -0.15) is 50.9 Å². The van der Waals surface area contributed by atoms with Gasteiger partial charge in [0.25, 0.3) is 11.8 Å². The van der Waals surface area contributed by atoms with Crippen LogP contribution in [0.4, 0.5) is 73.6 Å². The number of thiophene rings is 1. The number of anilines is 6. The first kappa shape index (κ1) is 65.1. The van der Waals surface area contributed by atoms with E-state index in [2.05, 4.69) is 45.9 Å². The van der Waals surface area contributed by atoms with Crippen molar-refractivity contribution in [3.8, 4) is 0 Å². The second kappa shape index (κ2) is 30.7. The predicted molar refractivity (Wildman–Crippen MR) is 332 cm³/mol. The number of benzene rings is 3. The number of amides is 2. The SMILES string of the molecule is FC(F)(F)c1ccc(N2CC[C@H]3CCCC[C@@H]3C2)c(NC(=S)c2ccncc2)c1.O=C(NC(=S)Nc1cc(C(F)(F)F)ccc1N1CCCCCCC1)c1ccsc1.O=C(Nc1cc(C(F)(F)F)ccc1N1CCCCCCCC1)c1ccncc1. The van der Waals surface area contributed by atoms with Gasteiger partial charge in [0.15, 0.2) is 5.11 Å². The van der Waals surface area contributed by atoms with Crippen LogP contribution in [0, 0.1) is 11.8 Å². The van der Waals surface area contributed by atoms with Gasteiger partial charge in [-0.3, -0.25) is 24.9 Å². The Bertz CT molecular complexity index is 3170. The van der Waals surface area contributed by atoms with Gasteiger partial charge in [0, 0.05) is 80.6 Å².